The topological polar surface area (TPSA) is 79.8 Å². The molecule has 0 aliphatic carbocycles. The molecule has 2 N–H and O–H groups in total. The monoisotopic (exact) mass is 573 g/mol. The molecule has 0 amide bonds. The molecule has 166 valence electrons. The van der Waals surface area contributed by atoms with Crippen molar-refractivity contribution in [1.82, 2.24) is 10.6 Å². The summed E-state index contributed by atoms with van der Waals surface area (Å²) in [5.41, 5.74) is 1.28. The summed E-state index contributed by atoms with van der Waals surface area (Å²) in [6.07, 6.45) is 1.15. The number of guanidine groups is 1. The fourth-order valence-electron chi connectivity index (χ4n) is 2.43. The van der Waals surface area contributed by atoms with E-state index in [0.717, 1.165) is 11.8 Å². The third-order valence-corrected chi connectivity index (χ3v) is 5.16. The number of rotatable bonds is 8. The number of benzene rings is 2. The number of hydrogen-bond acceptors (Lipinski definition) is 4. The molecular formula is C19H23ClF2IN3O3S. The Morgan fingerprint density at radius 2 is 1.83 bits per heavy atom. The smallest absolute Gasteiger partial charge is 0.387 e. The summed E-state index contributed by atoms with van der Waals surface area (Å²) < 4.78 is 52.7. The number of aliphatic imine (C=N–C) groups is 1. The van der Waals surface area contributed by atoms with Gasteiger partial charge in [0.1, 0.15) is 5.75 Å². The molecule has 0 bridgehead atoms. The van der Waals surface area contributed by atoms with Gasteiger partial charge in [-0.3, -0.25) is 0 Å². The molecular weight excluding hydrogens is 551 g/mol. The van der Waals surface area contributed by atoms with Crippen LogP contribution in [0.4, 0.5) is 8.78 Å². The van der Waals surface area contributed by atoms with Crippen LogP contribution in [-0.2, 0) is 22.9 Å². The Kier molecular flexibility index (Phi) is 10.8. The van der Waals surface area contributed by atoms with Gasteiger partial charge in [0.2, 0.25) is 0 Å². The summed E-state index contributed by atoms with van der Waals surface area (Å²) in [4.78, 5) is 4.67. The highest BCUT2D eigenvalue weighted by Gasteiger charge is 2.11. The molecule has 0 spiro atoms. The van der Waals surface area contributed by atoms with Gasteiger partial charge in [0.15, 0.2) is 15.8 Å². The quantitative estimate of drug-likeness (QED) is 0.281. The number of alkyl halides is 2. The van der Waals surface area contributed by atoms with Crippen LogP contribution in [0.25, 0.3) is 0 Å². The molecule has 6 nitrogen and oxygen atoms in total. The normalized spacial score (nSPS) is 11.7. The predicted octanol–water partition coefficient (Wildman–Crippen LogP) is 4.22. The van der Waals surface area contributed by atoms with Crippen molar-refractivity contribution in [2.24, 2.45) is 4.99 Å². The van der Waals surface area contributed by atoms with E-state index in [0.29, 0.717) is 29.6 Å². The van der Waals surface area contributed by atoms with Gasteiger partial charge in [-0.05, 0) is 42.8 Å². The number of nitrogens with one attached hydrogen (secondary N) is 2. The summed E-state index contributed by atoms with van der Waals surface area (Å²) in [6.45, 7) is 0.0146. The van der Waals surface area contributed by atoms with E-state index in [2.05, 4.69) is 20.4 Å². The van der Waals surface area contributed by atoms with E-state index in [4.69, 9.17) is 11.6 Å². The molecule has 0 aliphatic rings. The minimum Gasteiger partial charge on any atom is -0.434 e. The van der Waals surface area contributed by atoms with Gasteiger partial charge in [0.05, 0.1) is 11.4 Å². The van der Waals surface area contributed by atoms with Crippen LogP contribution in [0.1, 0.15) is 18.1 Å². The third kappa shape index (κ3) is 8.60. The first-order valence-corrected chi connectivity index (χ1v) is 11.0. The number of halogens is 4. The molecule has 2 aromatic carbocycles. The lowest BCUT2D eigenvalue weighted by Gasteiger charge is -2.14. The van der Waals surface area contributed by atoms with E-state index >= 15 is 0 Å². The molecule has 0 saturated heterocycles. The van der Waals surface area contributed by atoms with Crippen LogP contribution in [-0.4, -0.2) is 33.8 Å². The minimum absolute atomic E-state index is 0. The van der Waals surface area contributed by atoms with Crippen molar-refractivity contribution in [3.8, 4) is 5.75 Å². The Hall–Kier alpha value is -1.66. The molecule has 0 unspecified atom stereocenters. The second-order valence-corrected chi connectivity index (χ2v) is 8.55. The van der Waals surface area contributed by atoms with Crippen molar-refractivity contribution >= 4 is 51.4 Å². The largest absolute Gasteiger partial charge is 0.434 e. The Bertz CT molecular complexity index is 958. The van der Waals surface area contributed by atoms with E-state index in [9.17, 15) is 17.2 Å². The summed E-state index contributed by atoms with van der Waals surface area (Å²) in [5, 5.41) is 6.50. The zero-order chi connectivity index (χ0) is 21.4. The van der Waals surface area contributed by atoms with Gasteiger partial charge in [-0.2, -0.15) is 8.78 Å². The maximum absolute atomic E-state index is 12.6. The van der Waals surface area contributed by atoms with E-state index in [1.807, 2.05) is 6.92 Å². The zero-order valence-electron chi connectivity index (χ0n) is 16.4. The molecule has 0 aliphatic heterocycles. The van der Waals surface area contributed by atoms with E-state index in [1.165, 1.54) is 24.3 Å². The number of ether oxygens (including phenoxy) is 1. The highest BCUT2D eigenvalue weighted by molar-refractivity contribution is 14.0. The van der Waals surface area contributed by atoms with Crippen LogP contribution in [0, 0.1) is 0 Å². The summed E-state index contributed by atoms with van der Waals surface area (Å²) in [7, 11) is -3.25. The number of nitrogens with zero attached hydrogens (tertiary/aromatic N) is 1. The van der Waals surface area contributed by atoms with Gasteiger partial charge in [-0.1, -0.05) is 23.7 Å². The molecule has 0 heterocycles. The van der Waals surface area contributed by atoms with Crippen molar-refractivity contribution in [2.45, 2.75) is 31.5 Å². The van der Waals surface area contributed by atoms with Crippen molar-refractivity contribution < 1.29 is 21.9 Å². The number of sulfone groups is 1. The maximum atomic E-state index is 12.6. The fourth-order valence-corrected chi connectivity index (χ4v) is 3.26. The van der Waals surface area contributed by atoms with Gasteiger partial charge in [0.25, 0.3) is 0 Å². The second-order valence-electron chi connectivity index (χ2n) is 6.10. The SMILES string of the molecule is CCNC(=NCc1ccc(S(C)(=O)=O)cc1)NCc1cc(Cl)ccc1OC(F)F.I. The van der Waals surface area contributed by atoms with Gasteiger partial charge in [0, 0.05) is 29.9 Å². The van der Waals surface area contributed by atoms with Gasteiger partial charge < -0.3 is 15.4 Å². The summed E-state index contributed by atoms with van der Waals surface area (Å²) in [6, 6.07) is 10.8. The molecule has 0 radical (unpaired) electrons. The molecule has 2 rings (SSSR count). The minimum atomic E-state index is -3.25. The lowest BCUT2D eigenvalue weighted by Crippen LogP contribution is -2.36. The van der Waals surface area contributed by atoms with Crippen molar-refractivity contribution in [2.75, 3.05) is 12.8 Å². The zero-order valence-corrected chi connectivity index (χ0v) is 20.3. The van der Waals surface area contributed by atoms with Gasteiger partial charge in [-0.25, -0.2) is 13.4 Å². The Balaban J connectivity index is 0.00000450. The predicted molar refractivity (Wildman–Crippen MR) is 125 cm³/mol. The second kappa shape index (κ2) is 12.3. The summed E-state index contributed by atoms with van der Waals surface area (Å²) >= 11 is 5.96. The average molecular weight is 574 g/mol. The van der Waals surface area contributed by atoms with Crippen LogP contribution < -0.4 is 15.4 Å². The van der Waals surface area contributed by atoms with Crippen LogP contribution in [0.2, 0.25) is 5.02 Å². The van der Waals surface area contributed by atoms with Crippen LogP contribution in [0.5, 0.6) is 5.75 Å². The van der Waals surface area contributed by atoms with E-state index in [-0.39, 0.29) is 41.2 Å². The molecule has 0 aromatic heterocycles. The fraction of sp³-hybridized carbons (Fsp3) is 0.316. The Morgan fingerprint density at radius 1 is 1.17 bits per heavy atom. The first kappa shape index (κ1) is 26.4. The Morgan fingerprint density at radius 3 is 2.40 bits per heavy atom. The first-order chi connectivity index (χ1) is 13.7. The van der Waals surface area contributed by atoms with Crippen molar-refractivity contribution in [3.05, 3.63) is 58.6 Å². The standard InChI is InChI=1S/C19H22ClF2N3O3S.HI/c1-3-23-19(24-11-13-4-7-16(8-5-13)29(2,26)27)25-12-14-10-15(20)6-9-17(14)28-18(21)22;/h4-10,18H,3,11-12H2,1-2H3,(H2,23,24,25);1H. The maximum Gasteiger partial charge on any atom is 0.387 e. The van der Waals surface area contributed by atoms with Crippen LogP contribution in [0.15, 0.2) is 52.4 Å². The molecule has 0 atom stereocenters. The lowest BCUT2D eigenvalue weighted by atomic mass is 10.2. The van der Waals surface area contributed by atoms with E-state index < -0.39 is 16.4 Å². The first-order valence-electron chi connectivity index (χ1n) is 8.73. The highest BCUT2D eigenvalue weighted by Crippen LogP contribution is 2.24. The third-order valence-electron chi connectivity index (χ3n) is 3.80. The van der Waals surface area contributed by atoms with Crippen molar-refractivity contribution in [1.29, 1.82) is 0 Å². The van der Waals surface area contributed by atoms with Crippen LogP contribution >= 0.6 is 35.6 Å². The number of hydrogen-bond donors (Lipinski definition) is 2. The molecule has 0 fully saturated rings. The van der Waals surface area contributed by atoms with Gasteiger partial charge in [-0.15, -0.1) is 24.0 Å². The Labute approximate surface area is 197 Å². The van der Waals surface area contributed by atoms with Crippen molar-refractivity contribution in [3.63, 3.8) is 0 Å². The van der Waals surface area contributed by atoms with Crippen LogP contribution in [0.3, 0.4) is 0 Å². The molecule has 11 heteroatoms. The summed E-state index contributed by atoms with van der Waals surface area (Å²) in [5.74, 6) is 0.492. The average Bonchev–Trinajstić information content (AvgIpc) is 2.65. The molecule has 30 heavy (non-hydrogen) atoms. The van der Waals surface area contributed by atoms with Gasteiger partial charge >= 0.3 is 6.61 Å². The molecule has 0 saturated carbocycles. The molecule has 2 aromatic rings. The highest BCUT2D eigenvalue weighted by atomic mass is 127. The lowest BCUT2D eigenvalue weighted by molar-refractivity contribution is -0.0504. The van der Waals surface area contributed by atoms with E-state index in [1.54, 1.807) is 18.2 Å².